The summed E-state index contributed by atoms with van der Waals surface area (Å²) in [6.45, 7) is 16.0. The Hall–Kier alpha value is 0.460. The van der Waals surface area contributed by atoms with Gasteiger partial charge in [0.2, 0.25) is 0 Å². The number of rotatable bonds is 6. The van der Waals surface area contributed by atoms with Crippen molar-refractivity contribution in [3.8, 4) is 0 Å². The smallest absolute Gasteiger partial charge is 0.101 e. The largest absolute Gasteiger partial charge is 0.323 e. The van der Waals surface area contributed by atoms with E-state index in [-0.39, 0.29) is 0 Å². The zero-order valence-corrected chi connectivity index (χ0v) is 28.7. The summed E-state index contributed by atoms with van der Waals surface area (Å²) in [4.78, 5) is 0. The van der Waals surface area contributed by atoms with Gasteiger partial charge in [0.15, 0.2) is 0 Å². The lowest BCUT2D eigenvalue weighted by molar-refractivity contribution is 0.440. The van der Waals surface area contributed by atoms with Crippen LogP contribution in [0.5, 0.6) is 0 Å². The first-order valence-corrected chi connectivity index (χ1v) is 21.4. The average Bonchev–Trinajstić information content (AvgIpc) is 3.03. The monoisotopic (exact) mass is 560 g/mol. The van der Waals surface area contributed by atoms with Crippen molar-refractivity contribution >= 4 is 14.3 Å². The molecule has 0 aromatic heterocycles. The van der Waals surface area contributed by atoms with E-state index in [1.807, 2.05) is 55.4 Å². The van der Waals surface area contributed by atoms with Crippen molar-refractivity contribution in [2.24, 2.45) is 0 Å². The fourth-order valence-electron chi connectivity index (χ4n) is 7.48. The molecule has 4 heteroatoms. The Bertz CT molecular complexity index is 497. The maximum atomic E-state index is 15.1. The molecule has 4 aliphatic rings. The third-order valence-corrected chi connectivity index (χ3v) is 19.8. The van der Waals surface area contributed by atoms with Crippen molar-refractivity contribution < 1.29 is 9.13 Å². The summed E-state index contributed by atoms with van der Waals surface area (Å²) < 4.78 is 30.1. The topological polar surface area (TPSA) is 34.1 Å². The number of hydrogen-bond acceptors (Lipinski definition) is 2. The Morgan fingerprint density at radius 2 is 0.514 bits per heavy atom. The van der Waals surface area contributed by atoms with Crippen LogP contribution in [0.4, 0.5) is 0 Å². The van der Waals surface area contributed by atoms with Crippen LogP contribution < -0.4 is 0 Å². The van der Waals surface area contributed by atoms with E-state index < -0.39 is 14.3 Å². The molecule has 0 N–H and O–H groups in total. The molecule has 0 bridgehead atoms. The van der Waals surface area contributed by atoms with Gasteiger partial charge < -0.3 is 9.13 Å². The average molecular weight is 561 g/mol. The Morgan fingerprint density at radius 3 is 0.676 bits per heavy atom. The van der Waals surface area contributed by atoms with Crippen LogP contribution in [-0.2, 0) is 9.13 Å². The lowest BCUT2D eigenvalue weighted by atomic mass is 9.99. The van der Waals surface area contributed by atoms with Crippen LogP contribution >= 0.6 is 14.3 Å². The predicted octanol–water partition coefficient (Wildman–Crippen LogP) is 13.1. The van der Waals surface area contributed by atoms with Gasteiger partial charge in [-0.05, 0) is 51.4 Å². The van der Waals surface area contributed by atoms with Gasteiger partial charge in [-0.25, -0.2) is 0 Å². The van der Waals surface area contributed by atoms with E-state index in [0.29, 0.717) is 28.5 Å². The minimum atomic E-state index is -2.39. The van der Waals surface area contributed by atoms with E-state index in [0.717, 1.165) is 0 Å². The highest BCUT2D eigenvalue weighted by molar-refractivity contribution is 7.82. The molecule has 0 spiro atoms. The third kappa shape index (κ3) is 11.1. The van der Waals surface area contributed by atoms with Crippen LogP contribution in [0.1, 0.15) is 184 Å². The van der Waals surface area contributed by atoms with Gasteiger partial charge in [-0.15, -0.1) is 0 Å². The molecule has 37 heavy (non-hydrogen) atoms. The van der Waals surface area contributed by atoms with Crippen molar-refractivity contribution in [3.05, 3.63) is 0 Å². The van der Waals surface area contributed by atoms with Crippen molar-refractivity contribution in [1.82, 2.24) is 0 Å². The molecule has 4 rings (SSSR count). The van der Waals surface area contributed by atoms with Gasteiger partial charge in [0.1, 0.15) is 14.3 Å². The molecule has 4 aliphatic carbocycles. The fraction of sp³-hybridized carbons (Fsp3) is 1.00. The lowest BCUT2D eigenvalue weighted by Gasteiger charge is -2.44. The molecular formula is C33H70O2P2. The lowest BCUT2D eigenvalue weighted by Crippen LogP contribution is -2.30. The summed E-state index contributed by atoms with van der Waals surface area (Å²) in [5, 5.41) is 0. The second kappa shape index (κ2) is 22.2. The van der Waals surface area contributed by atoms with E-state index in [2.05, 4.69) is 0 Å². The Kier molecular flexibility index (Phi) is 22.5. The van der Waals surface area contributed by atoms with Gasteiger partial charge in [0.05, 0.1) is 5.90 Å². The molecule has 4 fully saturated rings. The van der Waals surface area contributed by atoms with Crippen molar-refractivity contribution in [2.45, 2.75) is 206 Å². The van der Waals surface area contributed by atoms with Gasteiger partial charge in [-0.2, -0.15) is 0 Å². The molecule has 0 heterocycles. The molecule has 0 aliphatic heterocycles. The van der Waals surface area contributed by atoms with Crippen LogP contribution in [0.3, 0.4) is 0 Å². The van der Waals surface area contributed by atoms with Crippen molar-refractivity contribution in [3.63, 3.8) is 0 Å². The molecule has 0 unspecified atom stereocenters. The van der Waals surface area contributed by atoms with Crippen LogP contribution in [0.15, 0.2) is 0 Å². The van der Waals surface area contributed by atoms with Gasteiger partial charge in [0, 0.05) is 22.6 Å². The standard InChI is InChI=1S/C25H46O2P2.4C2H6/c26-28(22-13-5-1-6-14-22,23-15-7-2-8-16-23)21-29(27,24-17-9-3-10-18-24)25-19-11-4-12-20-25;4*1-2/h22-25H,1-21H2;4*1-2H3. The second-order valence-corrected chi connectivity index (χ2v) is 18.5. The van der Waals surface area contributed by atoms with E-state index in [9.17, 15) is 0 Å². The molecular weight excluding hydrogens is 490 g/mol. The van der Waals surface area contributed by atoms with Crippen LogP contribution in [-0.4, -0.2) is 28.5 Å². The van der Waals surface area contributed by atoms with Crippen LogP contribution in [0.2, 0.25) is 0 Å². The van der Waals surface area contributed by atoms with Gasteiger partial charge in [-0.1, -0.05) is 132 Å². The molecule has 0 aromatic carbocycles. The normalized spacial score (nSPS) is 22.5. The maximum Gasteiger partial charge on any atom is 0.101 e. The van der Waals surface area contributed by atoms with Crippen molar-refractivity contribution in [1.29, 1.82) is 0 Å². The first-order chi connectivity index (χ1) is 18.1. The minimum absolute atomic E-state index is 0.417. The summed E-state index contributed by atoms with van der Waals surface area (Å²) in [7, 11) is -4.78. The Balaban J connectivity index is 0.00000148. The maximum absolute atomic E-state index is 15.1. The van der Waals surface area contributed by atoms with Crippen LogP contribution in [0.25, 0.3) is 0 Å². The van der Waals surface area contributed by atoms with E-state index in [1.165, 1.54) is 128 Å². The summed E-state index contributed by atoms with van der Waals surface area (Å²) in [5.41, 5.74) is 1.67. The van der Waals surface area contributed by atoms with Crippen LogP contribution in [0, 0.1) is 0 Å². The summed E-state index contributed by atoms with van der Waals surface area (Å²) in [5.74, 6) is 0.699. The molecule has 0 amide bonds. The summed E-state index contributed by atoms with van der Waals surface area (Å²) in [6.07, 6.45) is 24.8. The predicted molar refractivity (Wildman–Crippen MR) is 173 cm³/mol. The quantitative estimate of drug-likeness (QED) is 0.303. The highest BCUT2D eigenvalue weighted by Gasteiger charge is 2.50. The molecule has 0 atom stereocenters. The highest BCUT2D eigenvalue weighted by atomic mass is 31.2. The third-order valence-electron chi connectivity index (χ3n) is 9.21. The molecule has 0 saturated heterocycles. The second-order valence-electron chi connectivity index (χ2n) is 11.0. The number of hydrogen-bond donors (Lipinski definition) is 0. The zero-order valence-electron chi connectivity index (χ0n) is 26.9. The van der Waals surface area contributed by atoms with Gasteiger partial charge >= 0.3 is 0 Å². The first-order valence-electron chi connectivity index (χ1n) is 17.3. The molecule has 0 aromatic rings. The zero-order chi connectivity index (χ0) is 28.2. The van der Waals surface area contributed by atoms with E-state index in [1.54, 1.807) is 0 Å². The Morgan fingerprint density at radius 1 is 0.351 bits per heavy atom. The summed E-state index contributed by atoms with van der Waals surface area (Å²) in [6, 6.07) is 0. The first kappa shape index (κ1) is 37.5. The molecule has 2 nitrogen and oxygen atoms in total. The highest BCUT2D eigenvalue weighted by Crippen LogP contribution is 2.75. The molecule has 0 radical (unpaired) electrons. The molecule has 224 valence electrons. The summed E-state index contributed by atoms with van der Waals surface area (Å²) >= 11 is 0. The van der Waals surface area contributed by atoms with Gasteiger partial charge in [0.25, 0.3) is 0 Å². The van der Waals surface area contributed by atoms with E-state index >= 15 is 9.13 Å². The SMILES string of the molecule is CC.CC.CC.CC.O=P(CP(=O)(C1CCCCC1)C1CCCCC1)(C1CCCCC1)C1CCCCC1. The van der Waals surface area contributed by atoms with E-state index in [4.69, 9.17) is 0 Å². The fourth-order valence-corrected chi connectivity index (χ4v) is 20.1. The molecule has 4 saturated carbocycles. The van der Waals surface area contributed by atoms with Gasteiger partial charge in [-0.3, -0.25) is 0 Å². The minimum Gasteiger partial charge on any atom is -0.323 e. The Labute approximate surface area is 235 Å². The van der Waals surface area contributed by atoms with Crippen molar-refractivity contribution in [2.75, 3.05) is 5.90 Å².